The summed E-state index contributed by atoms with van der Waals surface area (Å²) in [6.07, 6.45) is 1.87. The van der Waals surface area contributed by atoms with Gasteiger partial charge in [0, 0.05) is 10.3 Å². The second kappa shape index (κ2) is 5.54. The maximum Gasteiger partial charge on any atom is 0.315 e. The highest BCUT2D eigenvalue weighted by molar-refractivity contribution is 7.98. The summed E-state index contributed by atoms with van der Waals surface area (Å²) in [4.78, 5) is 16.4. The van der Waals surface area contributed by atoms with E-state index in [1.807, 2.05) is 12.3 Å². The van der Waals surface area contributed by atoms with Gasteiger partial charge in [0.15, 0.2) is 0 Å². The van der Waals surface area contributed by atoms with Crippen molar-refractivity contribution in [2.24, 2.45) is 0 Å². The topological polar surface area (TPSA) is 50.2 Å². The Bertz CT molecular complexity index is 652. The number of hydrogen-bond acceptors (Lipinski definition) is 4. The fourth-order valence-corrected chi connectivity index (χ4v) is 3.39. The van der Waals surface area contributed by atoms with Gasteiger partial charge in [0.2, 0.25) is 0 Å². The second-order valence-corrected chi connectivity index (χ2v) is 6.49. The molecule has 0 atom stereocenters. The van der Waals surface area contributed by atoms with Crippen LogP contribution >= 0.6 is 23.1 Å². The van der Waals surface area contributed by atoms with Gasteiger partial charge in [-0.05, 0) is 32.2 Å². The van der Waals surface area contributed by atoms with E-state index in [1.54, 1.807) is 25.3 Å². The number of rotatable bonds is 4. The van der Waals surface area contributed by atoms with Crippen molar-refractivity contribution < 1.29 is 14.3 Å². The molecule has 0 saturated heterocycles. The molecule has 106 valence electrons. The fourth-order valence-electron chi connectivity index (χ4n) is 1.67. The van der Waals surface area contributed by atoms with Crippen molar-refractivity contribution in [1.82, 2.24) is 4.98 Å². The number of thioether (sulfide) groups is 1. The Morgan fingerprint density at radius 2 is 2.15 bits per heavy atom. The van der Waals surface area contributed by atoms with Crippen molar-refractivity contribution in [3.63, 3.8) is 0 Å². The predicted octanol–water partition coefficient (Wildman–Crippen LogP) is 4.03. The van der Waals surface area contributed by atoms with Gasteiger partial charge in [-0.2, -0.15) is 0 Å². The summed E-state index contributed by atoms with van der Waals surface area (Å²) in [5.41, 5.74) is -0.197. The van der Waals surface area contributed by atoms with Gasteiger partial charge in [0.25, 0.3) is 0 Å². The molecule has 20 heavy (non-hydrogen) atoms. The predicted molar refractivity (Wildman–Crippen MR) is 80.0 cm³/mol. The summed E-state index contributed by atoms with van der Waals surface area (Å²) in [6.45, 7) is 3.18. The van der Waals surface area contributed by atoms with E-state index in [9.17, 15) is 14.3 Å². The van der Waals surface area contributed by atoms with Crippen LogP contribution in [0.25, 0.3) is 10.6 Å². The molecule has 2 aromatic rings. The van der Waals surface area contributed by atoms with Crippen LogP contribution in [-0.4, -0.2) is 22.3 Å². The molecule has 1 aromatic heterocycles. The molecule has 0 aliphatic carbocycles. The van der Waals surface area contributed by atoms with Crippen LogP contribution in [0.4, 0.5) is 4.39 Å². The van der Waals surface area contributed by atoms with Crippen molar-refractivity contribution in [1.29, 1.82) is 0 Å². The van der Waals surface area contributed by atoms with Gasteiger partial charge >= 0.3 is 5.97 Å². The third-order valence-corrected chi connectivity index (χ3v) is 4.73. The molecule has 0 amide bonds. The van der Waals surface area contributed by atoms with E-state index in [0.29, 0.717) is 16.3 Å². The third-order valence-electron chi connectivity index (χ3n) is 3.09. The third kappa shape index (κ3) is 2.58. The van der Waals surface area contributed by atoms with Crippen molar-refractivity contribution in [3.05, 3.63) is 35.1 Å². The zero-order valence-corrected chi connectivity index (χ0v) is 12.9. The van der Waals surface area contributed by atoms with Crippen LogP contribution in [0.2, 0.25) is 0 Å². The van der Waals surface area contributed by atoms with Gasteiger partial charge in [-0.3, -0.25) is 4.79 Å². The quantitative estimate of drug-likeness (QED) is 0.866. The maximum absolute atomic E-state index is 14.0. The van der Waals surface area contributed by atoms with Gasteiger partial charge in [-0.1, -0.05) is 6.07 Å². The first-order valence-electron chi connectivity index (χ1n) is 5.90. The Morgan fingerprint density at radius 1 is 1.45 bits per heavy atom. The average Bonchev–Trinajstić information content (AvgIpc) is 2.87. The van der Waals surface area contributed by atoms with Gasteiger partial charge in [0.05, 0.1) is 11.3 Å². The van der Waals surface area contributed by atoms with E-state index in [-0.39, 0.29) is 5.82 Å². The molecule has 0 spiro atoms. The molecule has 1 N–H and O–H groups in total. The number of benzene rings is 1. The minimum atomic E-state index is -1.08. The van der Waals surface area contributed by atoms with Gasteiger partial charge in [-0.25, -0.2) is 9.37 Å². The summed E-state index contributed by atoms with van der Waals surface area (Å²) < 4.78 is 14.0. The van der Waals surface area contributed by atoms with Crippen LogP contribution in [0, 0.1) is 5.82 Å². The van der Waals surface area contributed by atoms with Crippen molar-refractivity contribution >= 4 is 29.1 Å². The summed E-state index contributed by atoms with van der Waals surface area (Å²) in [7, 11) is 0. The van der Waals surface area contributed by atoms with Crippen LogP contribution in [0.3, 0.4) is 0 Å². The van der Waals surface area contributed by atoms with Crippen LogP contribution in [0.1, 0.15) is 19.5 Å². The van der Waals surface area contributed by atoms with E-state index in [0.717, 1.165) is 4.90 Å². The molecule has 0 bridgehead atoms. The lowest BCUT2D eigenvalue weighted by Crippen LogP contribution is -2.28. The molecule has 2 rings (SSSR count). The van der Waals surface area contributed by atoms with Gasteiger partial charge in [-0.15, -0.1) is 23.1 Å². The molecule has 0 unspecified atom stereocenters. The second-order valence-electron chi connectivity index (χ2n) is 4.79. The number of hydrogen-bond donors (Lipinski definition) is 1. The molecule has 1 aromatic carbocycles. The van der Waals surface area contributed by atoms with E-state index in [2.05, 4.69) is 4.98 Å². The Labute approximate surface area is 124 Å². The van der Waals surface area contributed by atoms with Gasteiger partial charge < -0.3 is 5.11 Å². The zero-order valence-electron chi connectivity index (χ0n) is 11.3. The Morgan fingerprint density at radius 3 is 2.75 bits per heavy atom. The molecular weight excluding hydrogens is 297 g/mol. The molecule has 0 aliphatic rings. The number of thiazole rings is 1. The molecule has 1 heterocycles. The van der Waals surface area contributed by atoms with Gasteiger partial charge in [0.1, 0.15) is 16.2 Å². The standard InChI is InChI=1S/C14H14FNO2S2/c1-14(2,13(17)18)10-7-20-12(16-10)11-8(15)5-4-6-9(11)19-3/h4-7H,1-3H3,(H,17,18). The normalized spacial score (nSPS) is 11.6. The lowest BCUT2D eigenvalue weighted by Gasteiger charge is -2.15. The van der Waals surface area contributed by atoms with Crippen molar-refractivity contribution in [3.8, 4) is 10.6 Å². The zero-order chi connectivity index (χ0) is 14.9. The van der Waals surface area contributed by atoms with Crippen LogP contribution < -0.4 is 0 Å². The first kappa shape index (κ1) is 15.0. The summed E-state index contributed by atoms with van der Waals surface area (Å²) in [5, 5.41) is 11.4. The van der Waals surface area contributed by atoms with Crippen molar-refractivity contribution in [2.45, 2.75) is 24.2 Å². The molecule has 6 heteroatoms. The first-order chi connectivity index (χ1) is 9.37. The Hall–Kier alpha value is -1.40. The summed E-state index contributed by atoms with van der Waals surface area (Å²) in [5.74, 6) is -1.29. The number of carbonyl (C=O) groups is 1. The lowest BCUT2D eigenvalue weighted by molar-refractivity contribution is -0.142. The summed E-state index contributed by atoms with van der Waals surface area (Å²) >= 11 is 2.70. The number of nitrogens with zero attached hydrogens (tertiary/aromatic N) is 1. The first-order valence-corrected chi connectivity index (χ1v) is 8.00. The average molecular weight is 311 g/mol. The smallest absolute Gasteiger partial charge is 0.315 e. The Kier molecular flexibility index (Phi) is 4.15. The molecule has 0 saturated carbocycles. The van der Waals surface area contributed by atoms with Crippen LogP contribution in [-0.2, 0) is 10.2 Å². The molecule has 3 nitrogen and oxygen atoms in total. The number of aliphatic carboxylic acids is 1. The lowest BCUT2D eigenvalue weighted by atomic mass is 9.90. The van der Waals surface area contributed by atoms with Crippen LogP contribution in [0.15, 0.2) is 28.5 Å². The molecule has 0 fully saturated rings. The van der Waals surface area contributed by atoms with E-state index in [1.165, 1.54) is 29.2 Å². The summed E-state index contributed by atoms with van der Waals surface area (Å²) in [6, 6.07) is 4.87. The SMILES string of the molecule is CSc1cccc(F)c1-c1nc(C(C)(C)C(=O)O)cs1. The maximum atomic E-state index is 14.0. The monoisotopic (exact) mass is 311 g/mol. The number of aromatic nitrogens is 1. The highest BCUT2D eigenvalue weighted by atomic mass is 32.2. The van der Waals surface area contributed by atoms with E-state index >= 15 is 0 Å². The fraction of sp³-hybridized carbons (Fsp3) is 0.286. The largest absolute Gasteiger partial charge is 0.481 e. The number of halogens is 1. The molecule has 0 radical (unpaired) electrons. The molecular formula is C14H14FNO2S2. The number of carboxylic acid groups (broad SMARTS) is 1. The van der Waals surface area contributed by atoms with Crippen LogP contribution in [0.5, 0.6) is 0 Å². The molecule has 0 aliphatic heterocycles. The Balaban J connectivity index is 2.52. The highest BCUT2D eigenvalue weighted by Crippen LogP contribution is 2.36. The minimum Gasteiger partial charge on any atom is -0.481 e. The number of carboxylic acids is 1. The highest BCUT2D eigenvalue weighted by Gasteiger charge is 2.32. The van der Waals surface area contributed by atoms with E-state index in [4.69, 9.17) is 0 Å². The van der Waals surface area contributed by atoms with E-state index < -0.39 is 11.4 Å². The minimum absolute atomic E-state index is 0.342. The van der Waals surface area contributed by atoms with Crippen molar-refractivity contribution in [2.75, 3.05) is 6.26 Å².